The molecule has 2 spiro atoms. The molecule has 2 aliphatic carbocycles. The van der Waals surface area contributed by atoms with Crippen molar-refractivity contribution in [2.45, 2.75) is 143 Å². The van der Waals surface area contributed by atoms with E-state index in [9.17, 15) is 19.2 Å². The molecule has 4 N–H and O–H groups in total. The van der Waals surface area contributed by atoms with Gasteiger partial charge in [0.1, 0.15) is 33.7 Å². The smallest absolute Gasteiger partial charge is 0.414 e. The number of nitrogens with one attached hydrogen (secondary N) is 4. The predicted molar refractivity (Wildman–Crippen MR) is 300 cm³/mol. The summed E-state index contributed by atoms with van der Waals surface area (Å²) < 4.78 is 82.7. The minimum absolute atomic E-state index is 0.0504. The lowest BCUT2D eigenvalue weighted by atomic mass is 10.1. The van der Waals surface area contributed by atoms with Gasteiger partial charge in [0.2, 0.25) is 0 Å². The van der Waals surface area contributed by atoms with E-state index in [-0.39, 0.29) is 66.1 Å². The number of nitrogens with zero attached hydrogens (tertiary/aromatic N) is 6. The van der Waals surface area contributed by atoms with Gasteiger partial charge in [-0.3, -0.25) is 9.80 Å². The number of benzene rings is 2. The summed E-state index contributed by atoms with van der Waals surface area (Å²) in [5, 5.41) is 7.04. The number of amides is 4. The number of carbonyl (C=O) groups is 4. The Morgan fingerprint density at radius 3 is 1.25 bits per heavy atom. The molecule has 4 amide bonds. The number of hydrogen-bond acceptors (Lipinski definition) is 12. The Kier molecular flexibility index (Phi) is 14.6. The predicted octanol–water partition coefficient (Wildman–Crippen LogP) is 13.0. The number of H-pyrrole nitrogens is 2. The lowest BCUT2D eigenvalue weighted by molar-refractivity contribution is 0.0505. The maximum Gasteiger partial charge on any atom is 0.414 e. The van der Waals surface area contributed by atoms with E-state index in [2.05, 4.69) is 30.6 Å². The molecular formula is C56H68Cl2F4N10O8. The Labute approximate surface area is 470 Å². The highest BCUT2D eigenvalue weighted by Gasteiger charge is 2.60. The van der Waals surface area contributed by atoms with Crippen LogP contribution in [0, 0.1) is 34.1 Å². The van der Waals surface area contributed by atoms with E-state index in [1.165, 1.54) is 26.5 Å². The maximum atomic E-state index is 15.5. The van der Waals surface area contributed by atoms with E-state index < -0.39 is 70.0 Å². The summed E-state index contributed by atoms with van der Waals surface area (Å²) in [7, 11) is 2.87. The van der Waals surface area contributed by atoms with E-state index in [0.29, 0.717) is 59.6 Å². The molecule has 4 fully saturated rings. The number of aromatic amines is 2. The van der Waals surface area contributed by atoms with Crippen LogP contribution in [0.15, 0.2) is 24.5 Å². The van der Waals surface area contributed by atoms with Crippen molar-refractivity contribution in [3.05, 3.63) is 57.8 Å². The maximum absolute atomic E-state index is 15.5. The molecular weight excluding hydrogens is 1090 g/mol. The van der Waals surface area contributed by atoms with Crippen LogP contribution in [0.5, 0.6) is 0 Å². The first kappa shape index (κ1) is 58.0. The number of hydrogen-bond donors (Lipinski definition) is 4. The monoisotopic (exact) mass is 1150 g/mol. The van der Waals surface area contributed by atoms with E-state index in [0.717, 1.165) is 47.6 Å². The van der Waals surface area contributed by atoms with Crippen molar-refractivity contribution in [1.29, 1.82) is 0 Å². The van der Waals surface area contributed by atoms with E-state index in [1.807, 2.05) is 51.3 Å². The molecule has 0 bridgehead atoms. The molecule has 80 heavy (non-hydrogen) atoms. The van der Waals surface area contributed by atoms with Crippen molar-refractivity contribution in [1.82, 2.24) is 30.6 Å². The van der Waals surface area contributed by atoms with Gasteiger partial charge in [-0.1, -0.05) is 23.2 Å². The zero-order valence-electron chi connectivity index (χ0n) is 47.3. The quantitative estimate of drug-likeness (QED) is 0.0910. The second-order valence-electron chi connectivity index (χ2n) is 25.4. The molecule has 4 aromatic heterocycles. The number of rotatable bonds is 6. The summed E-state index contributed by atoms with van der Waals surface area (Å²) in [6.07, 6.45) is 3.67. The first-order valence-electron chi connectivity index (χ1n) is 26.4. The Hall–Kier alpha value is -6.68. The van der Waals surface area contributed by atoms with Crippen molar-refractivity contribution in [3.63, 3.8) is 0 Å². The van der Waals surface area contributed by atoms with Gasteiger partial charge in [0.05, 0.1) is 77.8 Å². The minimum Gasteiger partial charge on any atom is -0.444 e. The lowest BCUT2D eigenvalue weighted by Crippen LogP contribution is -2.36. The molecule has 24 heteroatoms. The largest absolute Gasteiger partial charge is 0.444 e. The molecule has 0 unspecified atom stereocenters. The normalized spacial score (nSPS) is 20.9. The fraction of sp³-hybridized carbons (Fsp3) is 0.536. The molecule has 432 valence electrons. The lowest BCUT2D eigenvalue weighted by Gasteiger charge is -2.25. The topological polar surface area (TPSA) is 200 Å². The molecule has 2 aliphatic heterocycles. The number of aromatic nitrogens is 4. The summed E-state index contributed by atoms with van der Waals surface area (Å²) in [6.45, 7) is 23.5. The molecule has 0 radical (unpaired) electrons. The number of fused-ring (bicyclic) bond motifs is 6. The first-order chi connectivity index (χ1) is 37.0. The fourth-order valence-corrected chi connectivity index (χ4v) is 11.4. The Balaban J connectivity index is 0.000000194. The van der Waals surface area contributed by atoms with Gasteiger partial charge in [0.25, 0.3) is 0 Å². The van der Waals surface area contributed by atoms with E-state index >= 15 is 17.6 Å². The Bertz CT molecular complexity index is 3290. The highest BCUT2D eigenvalue weighted by molar-refractivity contribution is 6.36. The Morgan fingerprint density at radius 1 is 0.588 bits per heavy atom. The number of ether oxygens (including phenoxy) is 4. The molecule has 4 aliphatic rings. The van der Waals surface area contributed by atoms with Gasteiger partial charge in [0, 0.05) is 75.3 Å². The van der Waals surface area contributed by atoms with Crippen LogP contribution in [0.4, 0.5) is 59.5 Å². The van der Waals surface area contributed by atoms with Crippen LogP contribution in [0.1, 0.15) is 109 Å². The molecule has 18 nitrogen and oxygen atoms in total. The van der Waals surface area contributed by atoms with Gasteiger partial charge in [0.15, 0.2) is 23.3 Å². The summed E-state index contributed by atoms with van der Waals surface area (Å²) in [4.78, 5) is 71.4. The zero-order valence-corrected chi connectivity index (χ0v) is 48.8. The third-order valence-corrected chi connectivity index (χ3v) is 15.2. The highest BCUT2D eigenvalue weighted by Crippen LogP contribution is 2.57. The summed E-state index contributed by atoms with van der Waals surface area (Å²) in [5.74, 6) is -4.38. The summed E-state index contributed by atoms with van der Waals surface area (Å²) in [6, 6.07) is 1.80. The third kappa shape index (κ3) is 11.5. The van der Waals surface area contributed by atoms with Crippen LogP contribution in [-0.4, -0.2) is 119 Å². The second kappa shape index (κ2) is 20.1. The van der Waals surface area contributed by atoms with Crippen molar-refractivity contribution in [2.24, 2.45) is 10.8 Å². The van der Waals surface area contributed by atoms with Gasteiger partial charge < -0.3 is 49.3 Å². The van der Waals surface area contributed by atoms with Crippen LogP contribution in [0.2, 0.25) is 10.0 Å². The number of anilines is 4. The third-order valence-electron chi connectivity index (χ3n) is 14.6. The van der Waals surface area contributed by atoms with Gasteiger partial charge in [-0.25, -0.2) is 46.7 Å². The first-order valence-corrected chi connectivity index (χ1v) is 27.1. The van der Waals surface area contributed by atoms with Crippen molar-refractivity contribution < 1.29 is 55.7 Å². The molecule has 10 rings (SSSR count). The summed E-state index contributed by atoms with van der Waals surface area (Å²) in [5.41, 5.74) is -0.864. The number of alkyl carbamates (subject to hydrolysis) is 2. The number of carbonyl (C=O) groups excluding carboxylic acids is 4. The second-order valence-corrected chi connectivity index (χ2v) is 26.3. The molecule has 2 saturated heterocycles. The molecule has 6 aromatic rings. The highest BCUT2D eigenvalue weighted by atomic mass is 35.5. The molecule has 2 saturated carbocycles. The SMILES string of the molecule is CN(C(=O)OC(C)(C)C)c1cc(F)c(F)c2c1[nH]c1ncc(Cl)c(N3CC[C@@]4(C[C@@H]4NC(=O)OC(C)(C)C)C3)c12.CN(C(=O)OC(C)(C)C)c1cc(F)c(F)c2c1[nH]c1ncc(Cl)c(N3CC[C@@]4(C[C@H]4NC(=O)OC(C)(C)C)C3)c12. The average Bonchev–Trinajstić information content (AvgIpc) is 3.88. The standard InChI is InChI=1S/2C28H34ClF2N5O4/c2*1-26(2,3)39-24(37)33-17-11-28(17)8-9-36(13-28)22-14(29)12-32-23-19(22)18-20(31)15(30)10-16(21(18)34-23)35(7)25(38)40-27(4,5)6/h2*10,12,17H,8-9,11,13H2,1-7H3,(H,32,34)(H,33,37)/t17-,28+;17-,28-/m01/s1. The minimum atomic E-state index is -1.12. The fourth-order valence-electron chi connectivity index (χ4n) is 10.9. The Morgan fingerprint density at radius 2 is 0.925 bits per heavy atom. The van der Waals surface area contributed by atoms with Gasteiger partial charge in [-0.15, -0.1) is 0 Å². The summed E-state index contributed by atoms with van der Waals surface area (Å²) >= 11 is 13.3. The van der Waals surface area contributed by atoms with Crippen molar-refractivity contribution >= 4 is 114 Å². The number of pyridine rings is 2. The van der Waals surface area contributed by atoms with E-state index in [4.69, 9.17) is 42.1 Å². The van der Waals surface area contributed by atoms with Gasteiger partial charge >= 0.3 is 24.4 Å². The molecule has 6 heterocycles. The van der Waals surface area contributed by atoms with Gasteiger partial charge in [-0.05, 0) is 109 Å². The average molecular weight is 1160 g/mol. The van der Waals surface area contributed by atoms with Crippen LogP contribution in [-0.2, 0) is 18.9 Å². The zero-order chi connectivity index (χ0) is 58.7. The van der Waals surface area contributed by atoms with Crippen LogP contribution < -0.4 is 30.2 Å². The van der Waals surface area contributed by atoms with Crippen LogP contribution in [0.3, 0.4) is 0 Å². The van der Waals surface area contributed by atoms with Crippen LogP contribution >= 0.6 is 23.2 Å². The van der Waals surface area contributed by atoms with E-state index in [1.54, 1.807) is 41.5 Å². The van der Waals surface area contributed by atoms with Crippen molar-refractivity contribution in [2.75, 3.05) is 59.9 Å². The number of halogens is 6. The van der Waals surface area contributed by atoms with Crippen LogP contribution in [0.25, 0.3) is 43.9 Å². The van der Waals surface area contributed by atoms with Crippen molar-refractivity contribution in [3.8, 4) is 0 Å². The molecule has 2 aromatic carbocycles. The van der Waals surface area contributed by atoms with Gasteiger partial charge in [-0.2, -0.15) is 0 Å². The molecule has 4 atom stereocenters.